The van der Waals surface area contributed by atoms with Crippen LogP contribution in [0.15, 0.2) is 54.6 Å². The highest BCUT2D eigenvalue weighted by Gasteiger charge is 2.29. The van der Waals surface area contributed by atoms with E-state index < -0.39 is 10.0 Å². The Morgan fingerprint density at radius 2 is 1.61 bits per heavy atom. The fraction of sp³-hybridized carbons (Fsp3) is 0.381. The van der Waals surface area contributed by atoms with Gasteiger partial charge >= 0.3 is 0 Å². The molecule has 1 saturated carbocycles. The Labute approximate surface area is 166 Å². The molecule has 1 N–H and O–H groups in total. The molecule has 28 heavy (non-hydrogen) atoms. The minimum atomic E-state index is -3.44. The number of hydrogen-bond acceptors (Lipinski definition) is 4. The first-order chi connectivity index (χ1) is 13.4. The number of anilines is 1. The van der Waals surface area contributed by atoms with Crippen molar-refractivity contribution < 1.29 is 17.9 Å². The molecule has 0 atom stereocenters. The molecular formula is C21H26N2O4S. The summed E-state index contributed by atoms with van der Waals surface area (Å²) in [6.45, 7) is -0.161. The summed E-state index contributed by atoms with van der Waals surface area (Å²) in [5, 5.41) is 2.77. The number of carbonyl (C=O) groups is 1. The van der Waals surface area contributed by atoms with E-state index in [4.69, 9.17) is 4.74 Å². The SMILES string of the molecule is CS(=O)(=O)N(CC(=O)Nc1ccc(Oc2ccccc2)cc1)C1CCCCC1. The number of para-hydroxylation sites is 1. The molecule has 0 aliphatic heterocycles. The molecule has 7 heteroatoms. The van der Waals surface area contributed by atoms with E-state index in [9.17, 15) is 13.2 Å². The van der Waals surface area contributed by atoms with Crippen molar-refractivity contribution in [3.63, 3.8) is 0 Å². The van der Waals surface area contributed by atoms with Crippen LogP contribution in [0.3, 0.4) is 0 Å². The Balaban J connectivity index is 1.60. The van der Waals surface area contributed by atoms with Gasteiger partial charge in [-0.1, -0.05) is 37.5 Å². The first kappa shape index (κ1) is 20.4. The van der Waals surface area contributed by atoms with E-state index in [-0.39, 0.29) is 18.5 Å². The normalized spacial score (nSPS) is 15.4. The first-order valence-corrected chi connectivity index (χ1v) is 11.4. The summed E-state index contributed by atoms with van der Waals surface area (Å²) in [5.74, 6) is 1.05. The Bertz CT molecular complexity index is 876. The number of benzene rings is 2. The molecule has 0 saturated heterocycles. The number of amides is 1. The van der Waals surface area contributed by atoms with Crippen LogP contribution >= 0.6 is 0 Å². The van der Waals surface area contributed by atoms with Crippen LogP contribution in [0.5, 0.6) is 11.5 Å². The van der Waals surface area contributed by atoms with E-state index in [0.29, 0.717) is 11.4 Å². The molecule has 0 heterocycles. The quantitative estimate of drug-likeness (QED) is 0.759. The van der Waals surface area contributed by atoms with Gasteiger partial charge in [-0.05, 0) is 49.2 Å². The minimum Gasteiger partial charge on any atom is -0.457 e. The summed E-state index contributed by atoms with van der Waals surface area (Å²) < 4.78 is 31.4. The van der Waals surface area contributed by atoms with E-state index >= 15 is 0 Å². The van der Waals surface area contributed by atoms with Crippen molar-refractivity contribution >= 4 is 21.6 Å². The third-order valence-electron chi connectivity index (χ3n) is 4.82. The third kappa shape index (κ3) is 5.81. The second-order valence-electron chi connectivity index (χ2n) is 7.09. The summed E-state index contributed by atoms with van der Waals surface area (Å²) in [4.78, 5) is 12.4. The number of nitrogens with zero attached hydrogens (tertiary/aromatic N) is 1. The van der Waals surface area contributed by atoms with Gasteiger partial charge in [-0.15, -0.1) is 0 Å². The molecule has 0 bridgehead atoms. The number of ether oxygens (including phenoxy) is 1. The lowest BCUT2D eigenvalue weighted by Crippen LogP contribution is -2.45. The van der Waals surface area contributed by atoms with Crippen molar-refractivity contribution in [2.24, 2.45) is 0 Å². The van der Waals surface area contributed by atoms with Gasteiger partial charge < -0.3 is 10.1 Å². The van der Waals surface area contributed by atoms with Gasteiger partial charge in [0.2, 0.25) is 15.9 Å². The zero-order valence-corrected chi connectivity index (χ0v) is 16.8. The summed E-state index contributed by atoms with van der Waals surface area (Å²) in [5.41, 5.74) is 0.600. The van der Waals surface area contributed by atoms with Crippen molar-refractivity contribution in [1.82, 2.24) is 4.31 Å². The van der Waals surface area contributed by atoms with Gasteiger partial charge in [0.05, 0.1) is 12.8 Å². The average Bonchev–Trinajstić information content (AvgIpc) is 2.68. The van der Waals surface area contributed by atoms with Crippen molar-refractivity contribution in [2.45, 2.75) is 38.1 Å². The number of sulfonamides is 1. The summed E-state index contributed by atoms with van der Waals surface area (Å²) in [6, 6.07) is 16.3. The average molecular weight is 403 g/mol. The van der Waals surface area contributed by atoms with E-state index in [0.717, 1.165) is 37.9 Å². The van der Waals surface area contributed by atoms with Crippen molar-refractivity contribution in [1.29, 1.82) is 0 Å². The van der Waals surface area contributed by atoms with E-state index in [1.54, 1.807) is 24.3 Å². The molecule has 0 spiro atoms. The van der Waals surface area contributed by atoms with Crippen molar-refractivity contribution in [3.05, 3.63) is 54.6 Å². The highest BCUT2D eigenvalue weighted by Crippen LogP contribution is 2.25. The van der Waals surface area contributed by atoms with Gasteiger partial charge in [-0.25, -0.2) is 8.42 Å². The highest BCUT2D eigenvalue weighted by atomic mass is 32.2. The molecule has 3 rings (SSSR count). The monoisotopic (exact) mass is 402 g/mol. The smallest absolute Gasteiger partial charge is 0.239 e. The molecule has 1 amide bonds. The van der Waals surface area contributed by atoms with Crippen LogP contribution in [-0.4, -0.2) is 37.5 Å². The lowest BCUT2D eigenvalue weighted by atomic mass is 9.95. The van der Waals surface area contributed by atoms with Crippen molar-refractivity contribution in [3.8, 4) is 11.5 Å². The van der Waals surface area contributed by atoms with Gasteiger partial charge in [-0.2, -0.15) is 4.31 Å². The van der Waals surface area contributed by atoms with E-state index in [2.05, 4.69) is 5.32 Å². The predicted molar refractivity (Wildman–Crippen MR) is 110 cm³/mol. The van der Waals surface area contributed by atoms with Crippen LogP contribution in [0.2, 0.25) is 0 Å². The Hall–Kier alpha value is -2.38. The summed E-state index contributed by atoms with van der Waals surface area (Å²) in [7, 11) is -3.44. The number of nitrogens with one attached hydrogen (secondary N) is 1. The number of carbonyl (C=O) groups excluding carboxylic acids is 1. The van der Waals surface area contributed by atoms with Gasteiger partial charge in [0.15, 0.2) is 0 Å². The van der Waals surface area contributed by atoms with Crippen LogP contribution in [0.1, 0.15) is 32.1 Å². The molecule has 150 valence electrons. The van der Waals surface area contributed by atoms with Crippen LogP contribution in [0.4, 0.5) is 5.69 Å². The fourth-order valence-corrected chi connectivity index (χ4v) is 4.56. The predicted octanol–water partition coefficient (Wildman–Crippen LogP) is 4.01. The molecule has 1 aliphatic carbocycles. The molecule has 0 unspecified atom stereocenters. The largest absolute Gasteiger partial charge is 0.457 e. The highest BCUT2D eigenvalue weighted by molar-refractivity contribution is 7.88. The maximum absolute atomic E-state index is 12.4. The molecule has 1 fully saturated rings. The van der Waals surface area contributed by atoms with Gasteiger partial charge in [0, 0.05) is 11.7 Å². The van der Waals surface area contributed by atoms with Gasteiger partial charge in [0.1, 0.15) is 11.5 Å². The topological polar surface area (TPSA) is 75.7 Å². The van der Waals surface area contributed by atoms with Gasteiger partial charge in [0.25, 0.3) is 0 Å². The van der Waals surface area contributed by atoms with Crippen LogP contribution < -0.4 is 10.1 Å². The summed E-state index contributed by atoms with van der Waals surface area (Å²) >= 11 is 0. The van der Waals surface area contributed by atoms with E-state index in [1.165, 1.54) is 10.6 Å². The molecule has 2 aromatic carbocycles. The van der Waals surface area contributed by atoms with Crippen LogP contribution in [0.25, 0.3) is 0 Å². The Morgan fingerprint density at radius 1 is 1.00 bits per heavy atom. The Morgan fingerprint density at radius 3 is 2.21 bits per heavy atom. The minimum absolute atomic E-state index is 0.0869. The number of hydrogen-bond donors (Lipinski definition) is 1. The third-order valence-corrected chi connectivity index (χ3v) is 6.10. The van der Waals surface area contributed by atoms with Crippen LogP contribution in [-0.2, 0) is 14.8 Å². The molecule has 1 aliphatic rings. The van der Waals surface area contributed by atoms with Crippen LogP contribution in [0, 0.1) is 0 Å². The maximum Gasteiger partial charge on any atom is 0.239 e. The molecule has 0 radical (unpaired) electrons. The molecule has 2 aromatic rings. The van der Waals surface area contributed by atoms with E-state index in [1.807, 2.05) is 30.3 Å². The zero-order chi connectivity index (χ0) is 20.0. The number of rotatable bonds is 7. The fourth-order valence-electron chi connectivity index (χ4n) is 3.46. The first-order valence-electron chi connectivity index (χ1n) is 9.51. The second-order valence-corrected chi connectivity index (χ2v) is 9.02. The standard InChI is InChI=1S/C21H26N2O4S/c1-28(25,26)23(18-8-4-2-5-9-18)16-21(24)22-17-12-14-20(15-13-17)27-19-10-6-3-7-11-19/h3,6-7,10-15,18H,2,4-5,8-9,16H2,1H3,(H,22,24). The second kappa shape index (κ2) is 9.21. The Kier molecular flexibility index (Phi) is 6.70. The van der Waals surface area contributed by atoms with Gasteiger partial charge in [-0.3, -0.25) is 4.79 Å². The lowest BCUT2D eigenvalue weighted by Gasteiger charge is -2.31. The maximum atomic E-state index is 12.4. The molecule has 6 nitrogen and oxygen atoms in total. The lowest BCUT2D eigenvalue weighted by molar-refractivity contribution is -0.116. The molecule has 0 aromatic heterocycles. The van der Waals surface area contributed by atoms with Crippen molar-refractivity contribution in [2.75, 3.05) is 18.1 Å². The zero-order valence-electron chi connectivity index (χ0n) is 16.0. The molecular weight excluding hydrogens is 376 g/mol. The summed E-state index contributed by atoms with van der Waals surface area (Å²) in [6.07, 6.45) is 5.92.